The van der Waals surface area contributed by atoms with Crippen molar-refractivity contribution in [3.8, 4) is 0 Å². The number of rotatable bonds is 2. The van der Waals surface area contributed by atoms with Crippen LogP contribution in [0.4, 0.5) is 19.0 Å². The quantitative estimate of drug-likeness (QED) is 0.796. The molecule has 6 nitrogen and oxygen atoms in total. The van der Waals surface area contributed by atoms with Gasteiger partial charge in [-0.2, -0.15) is 18.3 Å². The third kappa shape index (κ3) is 3.13. The Morgan fingerprint density at radius 2 is 1.96 bits per heavy atom. The van der Waals surface area contributed by atoms with Crippen LogP contribution in [0.1, 0.15) is 19.3 Å². The Labute approximate surface area is 149 Å². The van der Waals surface area contributed by atoms with Crippen LogP contribution in [0.5, 0.6) is 0 Å². The maximum Gasteiger partial charge on any atom is 0.395 e. The minimum absolute atomic E-state index is 0.383. The molecule has 3 saturated heterocycles. The fourth-order valence-electron chi connectivity index (χ4n) is 4.45. The van der Waals surface area contributed by atoms with Crippen molar-refractivity contribution in [2.45, 2.75) is 37.6 Å². The minimum atomic E-state index is -4.41. The molecule has 3 fully saturated rings. The first-order valence-corrected chi connectivity index (χ1v) is 8.99. The molecule has 0 saturated carbocycles. The molecule has 26 heavy (non-hydrogen) atoms. The Morgan fingerprint density at radius 1 is 1.15 bits per heavy atom. The van der Waals surface area contributed by atoms with Gasteiger partial charge in [-0.25, -0.2) is 0 Å². The number of aromatic nitrogens is 2. The van der Waals surface area contributed by atoms with Gasteiger partial charge in [0.1, 0.15) is 0 Å². The predicted molar refractivity (Wildman–Crippen MR) is 86.4 cm³/mol. The van der Waals surface area contributed by atoms with Gasteiger partial charge < -0.3 is 14.5 Å². The van der Waals surface area contributed by atoms with Crippen molar-refractivity contribution < 1.29 is 22.7 Å². The van der Waals surface area contributed by atoms with Crippen molar-refractivity contribution in [3.05, 3.63) is 18.3 Å². The van der Waals surface area contributed by atoms with Crippen molar-refractivity contribution in [3.63, 3.8) is 0 Å². The lowest BCUT2D eigenvalue weighted by molar-refractivity contribution is -0.199. The molecule has 142 valence electrons. The van der Waals surface area contributed by atoms with Gasteiger partial charge in [-0.1, -0.05) is 0 Å². The highest BCUT2D eigenvalue weighted by Crippen LogP contribution is 2.51. The molecule has 4 atom stereocenters. The largest absolute Gasteiger partial charge is 0.395 e. The number of ether oxygens (including phenoxy) is 1. The van der Waals surface area contributed by atoms with E-state index in [0.29, 0.717) is 45.4 Å². The van der Waals surface area contributed by atoms with Gasteiger partial charge in [-0.15, -0.1) is 5.10 Å². The molecule has 0 radical (unpaired) electrons. The number of hydrogen-bond donors (Lipinski definition) is 0. The standard InChI is InChI=1S/C17H21F3N4O2/c18-17(19,20)15-12-5-4-11(26-12)14(15)16(25)24-8-2-7-23(9-10-24)13-3-1-6-21-22-13/h1,3,6,11-12,14-15H,2,4-5,7-10H2. The van der Waals surface area contributed by atoms with Crippen LogP contribution in [0, 0.1) is 11.8 Å². The fraction of sp³-hybridized carbons (Fsp3) is 0.706. The number of carbonyl (C=O) groups excluding carboxylic acids is 1. The van der Waals surface area contributed by atoms with Crippen molar-refractivity contribution in [1.82, 2.24) is 15.1 Å². The molecule has 0 aliphatic carbocycles. The van der Waals surface area contributed by atoms with Gasteiger partial charge in [0.15, 0.2) is 5.82 Å². The van der Waals surface area contributed by atoms with E-state index in [0.717, 1.165) is 5.82 Å². The maximum absolute atomic E-state index is 13.5. The number of carbonyl (C=O) groups is 1. The highest BCUT2D eigenvalue weighted by Gasteiger charge is 2.63. The molecule has 9 heteroatoms. The van der Waals surface area contributed by atoms with Crippen molar-refractivity contribution in [1.29, 1.82) is 0 Å². The van der Waals surface area contributed by atoms with E-state index >= 15 is 0 Å². The smallest absolute Gasteiger partial charge is 0.373 e. The second-order valence-electron chi connectivity index (χ2n) is 7.13. The van der Waals surface area contributed by atoms with Crippen LogP contribution in [0.3, 0.4) is 0 Å². The van der Waals surface area contributed by atoms with E-state index in [2.05, 4.69) is 10.2 Å². The molecule has 0 spiro atoms. The molecule has 1 amide bonds. The van der Waals surface area contributed by atoms with Crippen LogP contribution in [0.2, 0.25) is 0 Å². The van der Waals surface area contributed by atoms with Crippen LogP contribution in [-0.2, 0) is 9.53 Å². The number of nitrogens with zero attached hydrogens (tertiary/aromatic N) is 4. The number of alkyl halides is 3. The topological polar surface area (TPSA) is 58.6 Å². The van der Waals surface area contributed by atoms with Gasteiger partial charge in [0, 0.05) is 32.4 Å². The highest BCUT2D eigenvalue weighted by molar-refractivity contribution is 5.80. The molecule has 2 bridgehead atoms. The van der Waals surface area contributed by atoms with Gasteiger partial charge in [0.05, 0.1) is 24.0 Å². The lowest BCUT2D eigenvalue weighted by Crippen LogP contribution is -2.48. The second-order valence-corrected chi connectivity index (χ2v) is 7.13. The lowest BCUT2D eigenvalue weighted by atomic mass is 9.78. The number of anilines is 1. The van der Waals surface area contributed by atoms with Gasteiger partial charge >= 0.3 is 6.18 Å². The third-order valence-corrected chi connectivity index (χ3v) is 5.63. The Balaban J connectivity index is 1.47. The van der Waals surface area contributed by atoms with E-state index in [1.54, 1.807) is 17.2 Å². The van der Waals surface area contributed by atoms with E-state index in [4.69, 9.17) is 4.74 Å². The van der Waals surface area contributed by atoms with Crippen LogP contribution in [-0.4, -0.2) is 65.6 Å². The van der Waals surface area contributed by atoms with Crippen molar-refractivity contribution >= 4 is 11.7 Å². The summed E-state index contributed by atoms with van der Waals surface area (Å²) < 4.78 is 45.9. The summed E-state index contributed by atoms with van der Waals surface area (Å²) in [5, 5.41) is 7.93. The van der Waals surface area contributed by atoms with Crippen molar-refractivity contribution in [2.24, 2.45) is 11.8 Å². The maximum atomic E-state index is 13.5. The molecular formula is C17H21F3N4O2. The van der Waals surface area contributed by atoms with E-state index < -0.39 is 36.1 Å². The molecule has 1 aromatic heterocycles. The summed E-state index contributed by atoms with van der Waals surface area (Å²) >= 11 is 0. The zero-order valence-electron chi connectivity index (χ0n) is 14.2. The average molecular weight is 370 g/mol. The molecule has 4 rings (SSSR count). The number of halogens is 3. The summed E-state index contributed by atoms with van der Waals surface area (Å²) in [6.45, 7) is 2.06. The Hall–Kier alpha value is -1.90. The normalized spacial score (nSPS) is 32.0. The van der Waals surface area contributed by atoms with Crippen molar-refractivity contribution in [2.75, 3.05) is 31.1 Å². The van der Waals surface area contributed by atoms with Crippen LogP contribution in [0.25, 0.3) is 0 Å². The zero-order valence-corrected chi connectivity index (χ0v) is 14.2. The monoisotopic (exact) mass is 370 g/mol. The van der Waals surface area contributed by atoms with E-state index in [1.165, 1.54) is 0 Å². The summed E-state index contributed by atoms with van der Waals surface area (Å²) in [5.74, 6) is -2.47. The number of hydrogen-bond acceptors (Lipinski definition) is 5. The Morgan fingerprint density at radius 3 is 2.69 bits per heavy atom. The summed E-state index contributed by atoms with van der Waals surface area (Å²) in [6, 6.07) is 3.63. The van der Waals surface area contributed by atoms with Gasteiger partial charge in [0.25, 0.3) is 0 Å². The SMILES string of the molecule is O=C(C1C2CCC(O2)C1C(F)(F)F)N1CCCN(c2cccnn2)CC1. The van der Waals surface area contributed by atoms with E-state index in [-0.39, 0.29) is 0 Å². The molecule has 3 aliphatic rings. The van der Waals surface area contributed by atoms with Crippen LogP contribution < -0.4 is 4.90 Å². The van der Waals surface area contributed by atoms with E-state index in [1.807, 2.05) is 11.0 Å². The number of amides is 1. The second kappa shape index (κ2) is 6.68. The molecule has 4 heterocycles. The molecule has 0 aromatic carbocycles. The first kappa shape index (κ1) is 17.5. The fourth-order valence-corrected chi connectivity index (χ4v) is 4.45. The molecule has 0 N–H and O–H groups in total. The molecular weight excluding hydrogens is 349 g/mol. The van der Waals surface area contributed by atoms with Gasteiger partial charge in [-0.3, -0.25) is 4.79 Å². The summed E-state index contributed by atoms with van der Waals surface area (Å²) in [4.78, 5) is 16.5. The third-order valence-electron chi connectivity index (χ3n) is 5.63. The zero-order chi connectivity index (χ0) is 18.3. The molecule has 3 aliphatic heterocycles. The van der Waals surface area contributed by atoms with Gasteiger partial charge in [0.2, 0.25) is 5.91 Å². The Bertz CT molecular complexity index is 657. The minimum Gasteiger partial charge on any atom is -0.373 e. The summed E-state index contributed by atoms with van der Waals surface area (Å²) in [6.07, 6.45) is -2.68. The molecule has 1 aromatic rings. The van der Waals surface area contributed by atoms with Gasteiger partial charge in [-0.05, 0) is 31.4 Å². The first-order chi connectivity index (χ1) is 12.4. The predicted octanol–water partition coefficient (Wildman–Crippen LogP) is 1.87. The number of fused-ring (bicyclic) bond motifs is 2. The highest BCUT2D eigenvalue weighted by atomic mass is 19.4. The molecule has 4 unspecified atom stereocenters. The van der Waals surface area contributed by atoms with Crippen LogP contribution in [0.15, 0.2) is 18.3 Å². The first-order valence-electron chi connectivity index (χ1n) is 8.99. The average Bonchev–Trinajstić information content (AvgIpc) is 3.15. The Kier molecular flexibility index (Phi) is 4.50. The lowest BCUT2D eigenvalue weighted by Gasteiger charge is -2.32. The van der Waals surface area contributed by atoms with E-state index in [9.17, 15) is 18.0 Å². The summed E-state index contributed by atoms with van der Waals surface area (Å²) in [7, 11) is 0. The summed E-state index contributed by atoms with van der Waals surface area (Å²) in [5.41, 5.74) is 0. The van der Waals surface area contributed by atoms with Crippen LogP contribution >= 0.6 is 0 Å².